The second kappa shape index (κ2) is 3.17. The smallest absolute Gasteiger partial charge is 0.157 e. The molecule has 16 heavy (non-hydrogen) atoms. The molecule has 1 aromatic heterocycles. The van der Waals surface area contributed by atoms with E-state index in [1.54, 1.807) is 0 Å². The normalized spacial score (nSPS) is 17.4. The molecule has 0 amide bonds. The number of nitrogens with zero attached hydrogens (tertiary/aromatic N) is 2. The minimum absolute atomic E-state index is 0.243. The molecular weight excluding hydrogens is 198 g/mol. The molecule has 1 heterocycles. The van der Waals surface area contributed by atoms with E-state index in [-0.39, 0.29) is 5.54 Å². The molecule has 0 spiro atoms. The molecular formula is C13H15N3. The first-order chi connectivity index (χ1) is 7.68. The number of aromatic nitrogens is 2. The van der Waals surface area contributed by atoms with Gasteiger partial charge in [-0.2, -0.15) is 5.10 Å². The maximum Gasteiger partial charge on any atom is 0.157 e. The largest absolute Gasteiger partial charge is 0.363 e. The minimum Gasteiger partial charge on any atom is -0.363 e. The van der Waals surface area contributed by atoms with Gasteiger partial charge in [0.1, 0.15) is 0 Å². The Balaban J connectivity index is 2.14. The van der Waals surface area contributed by atoms with Crippen LogP contribution in [0.5, 0.6) is 0 Å². The Hall–Kier alpha value is -1.64. The van der Waals surface area contributed by atoms with Crippen molar-refractivity contribution >= 4 is 16.6 Å². The van der Waals surface area contributed by atoms with Gasteiger partial charge in [-0.05, 0) is 26.7 Å². The third-order valence-electron chi connectivity index (χ3n) is 3.29. The number of benzene rings is 1. The number of fused-ring (bicyclic) bond motifs is 1. The Morgan fingerprint density at radius 1 is 1.12 bits per heavy atom. The van der Waals surface area contributed by atoms with Crippen molar-refractivity contribution in [3.05, 3.63) is 30.0 Å². The van der Waals surface area contributed by atoms with Crippen LogP contribution in [-0.4, -0.2) is 15.7 Å². The lowest BCUT2D eigenvalue weighted by Crippen LogP contribution is -2.17. The average Bonchev–Trinajstić information content (AvgIpc) is 3.01. The summed E-state index contributed by atoms with van der Waals surface area (Å²) in [6, 6.07) is 8.29. The molecule has 82 valence electrons. The van der Waals surface area contributed by atoms with Gasteiger partial charge >= 0.3 is 0 Å². The predicted octanol–water partition coefficient (Wildman–Crippen LogP) is 2.90. The summed E-state index contributed by atoms with van der Waals surface area (Å²) in [4.78, 5) is 0. The summed E-state index contributed by atoms with van der Waals surface area (Å²) in [5.41, 5.74) is 1.23. The fourth-order valence-electron chi connectivity index (χ4n) is 1.93. The van der Waals surface area contributed by atoms with E-state index in [9.17, 15) is 0 Å². The molecule has 0 aliphatic heterocycles. The highest BCUT2D eigenvalue weighted by atomic mass is 15.2. The van der Waals surface area contributed by atoms with Gasteiger partial charge in [0.05, 0.1) is 5.69 Å². The summed E-state index contributed by atoms with van der Waals surface area (Å²) in [7, 11) is 0. The van der Waals surface area contributed by atoms with Crippen molar-refractivity contribution in [2.24, 2.45) is 0 Å². The van der Waals surface area contributed by atoms with E-state index in [4.69, 9.17) is 0 Å². The topological polar surface area (TPSA) is 37.8 Å². The van der Waals surface area contributed by atoms with Crippen molar-refractivity contribution in [1.82, 2.24) is 10.2 Å². The van der Waals surface area contributed by atoms with Gasteiger partial charge in [-0.3, -0.25) is 0 Å². The summed E-state index contributed by atoms with van der Waals surface area (Å²) in [6.07, 6.45) is 2.44. The molecule has 0 bridgehead atoms. The molecule has 1 N–H and O–H groups in total. The first-order valence-corrected chi connectivity index (χ1v) is 5.68. The van der Waals surface area contributed by atoms with Crippen molar-refractivity contribution in [3.8, 4) is 0 Å². The third-order valence-corrected chi connectivity index (χ3v) is 3.29. The van der Waals surface area contributed by atoms with Crippen LogP contribution in [0.15, 0.2) is 24.3 Å². The number of rotatable bonds is 2. The standard InChI is InChI=1S/C13H15N3/c1-9-10-5-3-4-6-11(10)12(16-15-9)14-13(2)7-8-13/h3-6H,7-8H2,1-2H3,(H,14,16). The lowest BCUT2D eigenvalue weighted by molar-refractivity contribution is 0.813. The summed E-state index contributed by atoms with van der Waals surface area (Å²) >= 11 is 0. The number of anilines is 1. The van der Waals surface area contributed by atoms with E-state index >= 15 is 0 Å². The SMILES string of the molecule is Cc1nnc(NC2(C)CC2)c2ccccc12. The van der Waals surface area contributed by atoms with Crippen molar-refractivity contribution in [2.75, 3.05) is 5.32 Å². The van der Waals surface area contributed by atoms with Crippen LogP contribution < -0.4 is 5.32 Å². The molecule has 3 nitrogen and oxygen atoms in total. The first kappa shape index (κ1) is 9.58. The van der Waals surface area contributed by atoms with Gasteiger partial charge in [0.25, 0.3) is 0 Å². The molecule has 0 unspecified atom stereocenters. The average molecular weight is 213 g/mol. The Bertz CT molecular complexity index is 544. The van der Waals surface area contributed by atoms with E-state index in [0.717, 1.165) is 11.5 Å². The maximum absolute atomic E-state index is 4.27. The summed E-state index contributed by atoms with van der Waals surface area (Å²) < 4.78 is 0. The van der Waals surface area contributed by atoms with E-state index in [1.165, 1.54) is 23.6 Å². The molecule has 3 rings (SSSR count). The van der Waals surface area contributed by atoms with E-state index in [2.05, 4.69) is 34.6 Å². The fraction of sp³-hybridized carbons (Fsp3) is 0.385. The zero-order chi connectivity index (χ0) is 11.2. The maximum atomic E-state index is 4.27. The van der Waals surface area contributed by atoms with E-state index in [0.29, 0.717) is 0 Å². The molecule has 1 fully saturated rings. The Morgan fingerprint density at radius 3 is 2.50 bits per heavy atom. The summed E-state index contributed by atoms with van der Waals surface area (Å²) in [6.45, 7) is 4.22. The Labute approximate surface area is 94.9 Å². The van der Waals surface area contributed by atoms with Crippen LogP contribution in [0.1, 0.15) is 25.5 Å². The second-order valence-corrected chi connectivity index (χ2v) is 4.87. The third kappa shape index (κ3) is 1.52. The molecule has 0 radical (unpaired) electrons. The zero-order valence-electron chi connectivity index (χ0n) is 9.62. The highest BCUT2D eigenvalue weighted by Crippen LogP contribution is 2.39. The monoisotopic (exact) mass is 213 g/mol. The molecule has 1 saturated carbocycles. The predicted molar refractivity (Wildman–Crippen MR) is 65.5 cm³/mol. The van der Waals surface area contributed by atoms with Gasteiger partial charge in [0.15, 0.2) is 5.82 Å². The van der Waals surface area contributed by atoms with Gasteiger partial charge < -0.3 is 5.32 Å². The molecule has 0 saturated heterocycles. The lowest BCUT2D eigenvalue weighted by atomic mass is 10.1. The Kier molecular flexibility index (Phi) is 1.90. The van der Waals surface area contributed by atoms with Crippen LogP contribution in [0.2, 0.25) is 0 Å². The van der Waals surface area contributed by atoms with E-state index < -0.39 is 0 Å². The van der Waals surface area contributed by atoms with Crippen molar-refractivity contribution in [3.63, 3.8) is 0 Å². The molecule has 1 aromatic carbocycles. The minimum atomic E-state index is 0.243. The van der Waals surface area contributed by atoms with Gasteiger partial charge in [-0.15, -0.1) is 5.10 Å². The van der Waals surface area contributed by atoms with Gasteiger partial charge in [-0.1, -0.05) is 24.3 Å². The number of hydrogen-bond acceptors (Lipinski definition) is 3. The second-order valence-electron chi connectivity index (χ2n) is 4.87. The molecule has 1 aliphatic carbocycles. The van der Waals surface area contributed by atoms with Crippen molar-refractivity contribution < 1.29 is 0 Å². The number of nitrogens with one attached hydrogen (secondary N) is 1. The van der Waals surface area contributed by atoms with Gasteiger partial charge in [0, 0.05) is 16.3 Å². The number of hydrogen-bond donors (Lipinski definition) is 1. The molecule has 2 aromatic rings. The van der Waals surface area contributed by atoms with Gasteiger partial charge in [0.2, 0.25) is 0 Å². The highest BCUT2D eigenvalue weighted by molar-refractivity contribution is 5.93. The van der Waals surface area contributed by atoms with E-state index in [1.807, 2.05) is 19.1 Å². The Morgan fingerprint density at radius 2 is 1.81 bits per heavy atom. The summed E-state index contributed by atoms with van der Waals surface area (Å²) in [5, 5.41) is 14.3. The summed E-state index contributed by atoms with van der Waals surface area (Å²) in [5.74, 6) is 0.918. The fourth-order valence-corrected chi connectivity index (χ4v) is 1.93. The quantitative estimate of drug-likeness (QED) is 0.833. The van der Waals surface area contributed by atoms with Crippen LogP contribution in [0, 0.1) is 6.92 Å². The number of aryl methyl sites for hydroxylation is 1. The lowest BCUT2D eigenvalue weighted by Gasteiger charge is -2.14. The van der Waals surface area contributed by atoms with Crippen LogP contribution in [-0.2, 0) is 0 Å². The molecule has 1 aliphatic rings. The first-order valence-electron chi connectivity index (χ1n) is 5.68. The highest BCUT2D eigenvalue weighted by Gasteiger charge is 2.37. The van der Waals surface area contributed by atoms with Gasteiger partial charge in [-0.25, -0.2) is 0 Å². The van der Waals surface area contributed by atoms with Crippen molar-refractivity contribution in [2.45, 2.75) is 32.2 Å². The molecule has 0 atom stereocenters. The molecule has 3 heteroatoms. The van der Waals surface area contributed by atoms with Crippen LogP contribution in [0.4, 0.5) is 5.82 Å². The van der Waals surface area contributed by atoms with Crippen LogP contribution in [0.3, 0.4) is 0 Å². The van der Waals surface area contributed by atoms with Crippen molar-refractivity contribution in [1.29, 1.82) is 0 Å². The van der Waals surface area contributed by atoms with Crippen LogP contribution >= 0.6 is 0 Å². The zero-order valence-corrected chi connectivity index (χ0v) is 9.62. The van der Waals surface area contributed by atoms with Crippen LogP contribution in [0.25, 0.3) is 10.8 Å².